The van der Waals surface area contributed by atoms with Crippen LogP contribution in [-0.4, -0.2) is 24.4 Å². The summed E-state index contributed by atoms with van der Waals surface area (Å²) in [6.07, 6.45) is 2.28. The molecule has 1 fully saturated rings. The van der Waals surface area contributed by atoms with Crippen LogP contribution in [0.2, 0.25) is 0 Å². The lowest BCUT2D eigenvalue weighted by Crippen LogP contribution is -2.29. The largest absolute Gasteiger partial charge is 0.366 e. The van der Waals surface area contributed by atoms with Gasteiger partial charge in [-0.05, 0) is 37.5 Å². The van der Waals surface area contributed by atoms with Crippen molar-refractivity contribution in [3.63, 3.8) is 0 Å². The SMILES string of the molecule is Cc1c(NC(=O)CNC2CC2)cccc1C(N)=O. The highest BCUT2D eigenvalue weighted by Crippen LogP contribution is 2.19. The van der Waals surface area contributed by atoms with Crippen molar-refractivity contribution in [2.24, 2.45) is 5.73 Å². The van der Waals surface area contributed by atoms with Gasteiger partial charge in [0.15, 0.2) is 0 Å². The second kappa shape index (κ2) is 5.18. The van der Waals surface area contributed by atoms with Crippen molar-refractivity contribution in [2.75, 3.05) is 11.9 Å². The molecule has 0 aliphatic heterocycles. The summed E-state index contributed by atoms with van der Waals surface area (Å²) >= 11 is 0. The molecule has 0 bridgehead atoms. The van der Waals surface area contributed by atoms with Gasteiger partial charge < -0.3 is 16.4 Å². The Balaban J connectivity index is 2.01. The van der Waals surface area contributed by atoms with Crippen molar-refractivity contribution in [2.45, 2.75) is 25.8 Å². The summed E-state index contributed by atoms with van der Waals surface area (Å²) in [5.41, 5.74) is 7.02. The molecule has 2 rings (SSSR count). The minimum atomic E-state index is -0.486. The van der Waals surface area contributed by atoms with Crippen LogP contribution >= 0.6 is 0 Å². The molecular formula is C13H17N3O2. The first-order valence-electron chi connectivity index (χ1n) is 6.00. The monoisotopic (exact) mass is 247 g/mol. The van der Waals surface area contributed by atoms with Crippen molar-refractivity contribution in [3.8, 4) is 0 Å². The number of anilines is 1. The second-order valence-electron chi connectivity index (χ2n) is 4.55. The van der Waals surface area contributed by atoms with E-state index in [-0.39, 0.29) is 5.91 Å². The minimum Gasteiger partial charge on any atom is -0.366 e. The Hall–Kier alpha value is -1.88. The molecule has 0 unspecified atom stereocenters. The smallest absolute Gasteiger partial charge is 0.249 e. The van der Waals surface area contributed by atoms with Gasteiger partial charge in [-0.2, -0.15) is 0 Å². The maximum absolute atomic E-state index is 11.7. The normalized spacial score (nSPS) is 14.3. The third kappa shape index (κ3) is 3.07. The number of carbonyl (C=O) groups excluding carboxylic acids is 2. The van der Waals surface area contributed by atoms with Gasteiger partial charge in [-0.1, -0.05) is 6.07 Å². The summed E-state index contributed by atoms with van der Waals surface area (Å²) in [6, 6.07) is 5.61. The fraction of sp³-hybridized carbons (Fsp3) is 0.385. The van der Waals surface area contributed by atoms with Crippen molar-refractivity contribution < 1.29 is 9.59 Å². The van der Waals surface area contributed by atoms with E-state index in [1.807, 2.05) is 0 Å². The number of nitrogens with one attached hydrogen (secondary N) is 2. The second-order valence-corrected chi connectivity index (χ2v) is 4.55. The summed E-state index contributed by atoms with van der Waals surface area (Å²) in [5.74, 6) is -0.591. The van der Waals surface area contributed by atoms with Gasteiger partial charge in [-0.3, -0.25) is 9.59 Å². The van der Waals surface area contributed by atoms with Crippen molar-refractivity contribution >= 4 is 17.5 Å². The number of primary amides is 1. The number of benzene rings is 1. The Bertz CT molecular complexity index is 481. The van der Waals surface area contributed by atoms with E-state index in [1.165, 1.54) is 0 Å². The highest BCUT2D eigenvalue weighted by molar-refractivity contribution is 5.98. The van der Waals surface area contributed by atoms with Crippen LogP contribution < -0.4 is 16.4 Å². The molecule has 1 saturated carbocycles. The van der Waals surface area contributed by atoms with Crippen molar-refractivity contribution in [1.82, 2.24) is 5.32 Å². The van der Waals surface area contributed by atoms with E-state index in [0.717, 1.165) is 12.8 Å². The van der Waals surface area contributed by atoms with E-state index in [2.05, 4.69) is 10.6 Å². The minimum absolute atomic E-state index is 0.105. The van der Waals surface area contributed by atoms with Gasteiger partial charge in [0.25, 0.3) is 0 Å². The molecule has 5 nitrogen and oxygen atoms in total. The van der Waals surface area contributed by atoms with Crippen molar-refractivity contribution in [1.29, 1.82) is 0 Å². The molecule has 0 spiro atoms. The molecular weight excluding hydrogens is 230 g/mol. The predicted octanol–water partition coefficient (Wildman–Crippen LogP) is 0.784. The molecule has 0 saturated heterocycles. The zero-order valence-corrected chi connectivity index (χ0v) is 10.3. The first kappa shape index (κ1) is 12.6. The molecule has 1 aromatic carbocycles. The van der Waals surface area contributed by atoms with E-state index in [9.17, 15) is 9.59 Å². The van der Waals surface area contributed by atoms with E-state index in [4.69, 9.17) is 5.73 Å². The summed E-state index contributed by atoms with van der Waals surface area (Å²) in [7, 11) is 0. The summed E-state index contributed by atoms with van der Waals surface area (Å²) in [6.45, 7) is 2.06. The van der Waals surface area contributed by atoms with E-state index in [0.29, 0.717) is 29.4 Å². The molecule has 96 valence electrons. The zero-order valence-electron chi connectivity index (χ0n) is 10.3. The van der Waals surface area contributed by atoms with Gasteiger partial charge in [0.1, 0.15) is 0 Å². The molecule has 0 aromatic heterocycles. The maximum Gasteiger partial charge on any atom is 0.249 e. The van der Waals surface area contributed by atoms with Gasteiger partial charge in [0.05, 0.1) is 6.54 Å². The molecule has 0 atom stereocenters. The third-order valence-corrected chi connectivity index (χ3v) is 3.00. The Kier molecular flexibility index (Phi) is 3.62. The third-order valence-electron chi connectivity index (χ3n) is 3.00. The molecule has 5 heteroatoms. The summed E-state index contributed by atoms with van der Waals surface area (Å²) in [4.78, 5) is 22.9. The van der Waals surface area contributed by atoms with Crippen LogP contribution in [0.1, 0.15) is 28.8 Å². The highest BCUT2D eigenvalue weighted by Gasteiger charge is 2.21. The van der Waals surface area contributed by atoms with Crippen LogP contribution in [0.5, 0.6) is 0 Å². The number of rotatable bonds is 5. The lowest BCUT2D eigenvalue weighted by molar-refractivity contribution is -0.115. The van der Waals surface area contributed by atoms with Crippen LogP contribution in [0.3, 0.4) is 0 Å². The summed E-state index contributed by atoms with van der Waals surface area (Å²) < 4.78 is 0. The van der Waals surface area contributed by atoms with E-state index >= 15 is 0 Å². The summed E-state index contributed by atoms with van der Waals surface area (Å²) in [5, 5.41) is 5.91. The van der Waals surface area contributed by atoms with Gasteiger partial charge in [-0.15, -0.1) is 0 Å². The average Bonchev–Trinajstić information content (AvgIpc) is 3.13. The van der Waals surface area contributed by atoms with Crippen LogP contribution in [-0.2, 0) is 4.79 Å². The Labute approximate surface area is 106 Å². The molecule has 18 heavy (non-hydrogen) atoms. The van der Waals surface area contributed by atoms with E-state index < -0.39 is 5.91 Å². The predicted molar refractivity (Wildman–Crippen MR) is 69.4 cm³/mol. The fourth-order valence-electron chi connectivity index (χ4n) is 1.76. The van der Waals surface area contributed by atoms with Crippen molar-refractivity contribution in [3.05, 3.63) is 29.3 Å². The Morgan fingerprint density at radius 2 is 2.11 bits per heavy atom. The number of carbonyl (C=O) groups is 2. The molecule has 1 aliphatic rings. The average molecular weight is 247 g/mol. The fourth-order valence-corrected chi connectivity index (χ4v) is 1.76. The lowest BCUT2D eigenvalue weighted by Gasteiger charge is -2.11. The number of hydrogen-bond donors (Lipinski definition) is 3. The highest BCUT2D eigenvalue weighted by atomic mass is 16.2. The molecule has 4 N–H and O–H groups in total. The van der Waals surface area contributed by atoms with E-state index in [1.54, 1.807) is 25.1 Å². The topological polar surface area (TPSA) is 84.2 Å². The Morgan fingerprint density at radius 1 is 1.39 bits per heavy atom. The molecule has 1 aromatic rings. The quantitative estimate of drug-likeness (QED) is 0.719. The molecule has 0 radical (unpaired) electrons. The maximum atomic E-state index is 11.7. The van der Waals surface area contributed by atoms with Crippen LogP contribution in [0.15, 0.2) is 18.2 Å². The molecule has 1 aliphatic carbocycles. The lowest BCUT2D eigenvalue weighted by atomic mass is 10.1. The van der Waals surface area contributed by atoms with Gasteiger partial charge in [-0.25, -0.2) is 0 Å². The number of amides is 2. The molecule has 0 heterocycles. The van der Waals surface area contributed by atoms with Gasteiger partial charge >= 0.3 is 0 Å². The van der Waals surface area contributed by atoms with Crippen LogP contribution in [0.4, 0.5) is 5.69 Å². The standard InChI is InChI=1S/C13H17N3O2/c1-8-10(13(14)18)3-2-4-11(8)16-12(17)7-15-9-5-6-9/h2-4,9,15H,5-7H2,1H3,(H2,14,18)(H,16,17). The van der Waals surface area contributed by atoms with Gasteiger partial charge in [0, 0.05) is 17.3 Å². The van der Waals surface area contributed by atoms with Crippen LogP contribution in [0, 0.1) is 6.92 Å². The Morgan fingerprint density at radius 3 is 2.72 bits per heavy atom. The van der Waals surface area contributed by atoms with Crippen LogP contribution in [0.25, 0.3) is 0 Å². The first-order valence-corrected chi connectivity index (χ1v) is 6.00. The first-order chi connectivity index (χ1) is 8.58. The number of nitrogens with two attached hydrogens (primary N) is 1. The number of hydrogen-bond acceptors (Lipinski definition) is 3. The zero-order chi connectivity index (χ0) is 13.1. The molecule has 2 amide bonds. The van der Waals surface area contributed by atoms with Gasteiger partial charge in [0.2, 0.25) is 11.8 Å².